The molecule has 0 spiro atoms. The second-order valence-electron chi connectivity index (χ2n) is 5.08. The average Bonchev–Trinajstić information content (AvgIpc) is 2.17. The van der Waals surface area contributed by atoms with E-state index < -0.39 is 17.8 Å². The van der Waals surface area contributed by atoms with Crippen LogP contribution in [0.3, 0.4) is 0 Å². The first-order chi connectivity index (χ1) is 8.19. The molecule has 0 saturated heterocycles. The second kappa shape index (κ2) is 5.27. The van der Waals surface area contributed by atoms with Crippen molar-refractivity contribution >= 4 is 11.8 Å². The van der Waals surface area contributed by atoms with Gasteiger partial charge in [0, 0.05) is 0 Å². The Labute approximate surface area is 106 Å². The monoisotopic (exact) mass is 253 g/mol. The molecule has 3 N–H and O–H groups in total. The van der Waals surface area contributed by atoms with Crippen LogP contribution in [0.15, 0.2) is 18.2 Å². The first-order valence-electron chi connectivity index (χ1n) is 5.70. The maximum Gasteiger partial charge on any atom is 0.412 e. The van der Waals surface area contributed by atoms with Gasteiger partial charge in [-0.05, 0) is 45.4 Å². The van der Waals surface area contributed by atoms with E-state index in [0.29, 0.717) is 5.56 Å². The number of aliphatic hydroxyl groups is 1. The molecule has 0 aliphatic rings. The first kappa shape index (κ1) is 14.3. The van der Waals surface area contributed by atoms with E-state index in [2.05, 4.69) is 5.32 Å². The highest BCUT2D eigenvalue weighted by Gasteiger charge is 2.17. The fraction of sp³-hybridized carbons (Fsp3) is 0.462. The lowest BCUT2D eigenvalue weighted by molar-refractivity contribution is 0.0635. The predicted octanol–water partition coefficient (Wildman–Crippen LogP) is 2.79. The number of hydrogen-bond donors (Lipinski definition) is 3. The summed E-state index contributed by atoms with van der Waals surface area (Å²) in [4.78, 5) is 11.5. The minimum absolute atomic E-state index is 0.112. The van der Waals surface area contributed by atoms with Crippen molar-refractivity contribution in [2.75, 3.05) is 5.32 Å². The van der Waals surface area contributed by atoms with Gasteiger partial charge in [-0.25, -0.2) is 4.79 Å². The number of phenols is 1. The Bertz CT molecular complexity index is 435. The molecule has 1 rings (SSSR count). The normalized spacial score (nSPS) is 12.9. The largest absolute Gasteiger partial charge is 0.506 e. The quantitative estimate of drug-likeness (QED) is 0.708. The topological polar surface area (TPSA) is 78.8 Å². The lowest BCUT2D eigenvalue weighted by Crippen LogP contribution is -2.27. The van der Waals surface area contributed by atoms with Gasteiger partial charge in [0.25, 0.3) is 0 Å². The van der Waals surface area contributed by atoms with E-state index in [0.717, 1.165) is 0 Å². The minimum Gasteiger partial charge on any atom is -0.506 e. The SMILES string of the molecule is C[C@H](O)c1ccc(NC(=O)OC(C)(C)C)c(O)c1. The number of ether oxygens (including phenoxy) is 1. The zero-order valence-electron chi connectivity index (χ0n) is 11.0. The van der Waals surface area contributed by atoms with E-state index in [1.807, 2.05) is 0 Å². The van der Waals surface area contributed by atoms with Gasteiger partial charge in [0.2, 0.25) is 0 Å². The van der Waals surface area contributed by atoms with Crippen LogP contribution in [0.25, 0.3) is 0 Å². The van der Waals surface area contributed by atoms with Crippen LogP contribution in [0.5, 0.6) is 5.75 Å². The maximum atomic E-state index is 11.5. The Balaban J connectivity index is 2.77. The number of carbonyl (C=O) groups excluding carboxylic acids is 1. The molecular formula is C13H19NO4. The van der Waals surface area contributed by atoms with E-state index in [1.54, 1.807) is 33.8 Å². The molecular weight excluding hydrogens is 234 g/mol. The number of aromatic hydroxyl groups is 1. The highest BCUT2D eigenvalue weighted by molar-refractivity contribution is 5.86. The third-order valence-corrected chi connectivity index (χ3v) is 2.14. The third-order valence-electron chi connectivity index (χ3n) is 2.14. The summed E-state index contributed by atoms with van der Waals surface area (Å²) >= 11 is 0. The van der Waals surface area contributed by atoms with Crippen LogP contribution >= 0.6 is 0 Å². The van der Waals surface area contributed by atoms with Crippen molar-refractivity contribution < 1.29 is 19.7 Å². The zero-order chi connectivity index (χ0) is 13.9. The van der Waals surface area contributed by atoms with E-state index in [1.165, 1.54) is 12.1 Å². The Morgan fingerprint density at radius 3 is 2.44 bits per heavy atom. The molecule has 1 amide bonds. The fourth-order valence-electron chi connectivity index (χ4n) is 1.33. The van der Waals surface area contributed by atoms with E-state index in [4.69, 9.17) is 4.74 Å². The summed E-state index contributed by atoms with van der Waals surface area (Å²) in [7, 11) is 0. The van der Waals surface area contributed by atoms with E-state index in [9.17, 15) is 15.0 Å². The van der Waals surface area contributed by atoms with Crippen molar-refractivity contribution in [2.24, 2.45) is 0 Å². The maximum absolute atomic E-state index is 11.5. The number of amides is 1. The number of phenolic OH excluding ortho intramolecular Hbond substituents is 1. The smallest absolute Gasteiger partial charge is 0.412 e. The molecule has 5 heteroatoms. The lowest BCUT2D eigenvalue weighted by Gasteiger charge is -2.20. The molecule has 18 heavy (non-hydrogen) atoms. The molecule has 0 aliphatic heterocycles. The number of rotatable bonds is 2. The van der Waals surface area contributed by atoms with Crippen molar-refractivity contribution in [1.29, 1.82) is 0 Å². The van der Waals surface area contributed by atoms with Gasteiger partial charge in [-0.3, -0.25) is 5.32 Å². The molecule has 5 nitrogen and oxygen atoms in total. The molecule has 0 radical (unpaired) electrons. The molecule has 0 saturated carbocycles. The van der Waals surface area contributed by atoms with Crippen molar-refractivity contribution in [1.82, 2.24) is 0 Å². The molecule has 0 heterocycles. The third kappa shape index (κ3) is 4.25. The zero-order valence-corrected chi connectivity index (χ0v) is 11.0. The van der Waals surface area contributed by atoms with Gasteiger partial charge in [0.05, 0.1) is 11.8 Å². The van der Waals surface area contributed by atoms with E-state index in [-0.39, 0.29) is 11.4 Å². The fourth-order valence-corrected chi connectivity index (χ4v) is 1.33. The van der Waals surface area contributed by atoms with Crippen LogP contribution in [0.4, 0.5) is 10.5 Å². The Hall–Kier alpha value is -1.75. The van der Waals surface area contributed by atoms with Gasteiger partial charge in [0.1, 0.15) is 11.4 Å². The molecule has 0 fully saturated rings. The van der Waals surface area contributed by atoms with Crippen molar-refractivity contribution in [3.63, 3.8) is 0 Å². The number of benzene rings is 1. The summed E-state index contributed by atoms with van der Waals surface area (Å²) in [6, 6.07) is 4.54. The van der Waals surface area contributed by atoms with Crippen LogP contribution in [0.2, 0.25) is 0 Å². The molecule has 0 aliphatic carbocycles. The Kier molecular flexibility index (Phi) is 4.19. The van der Waals surface area contributed by atoms with Crippen LogP contribution < -0.4 is 5.32 Å². The number of hydrogen-bond acceptors (Lipinski definition) is 4. The molecule has 0 aromatic heterocycles. The molecule has 0 bridgehead atoms. The molecule has 1 aromatic rings. The lowest BCUT2D eigenvalue weighted by atomic mass is 10.1. The van der Waals surface area contributed by atoms with E-state index >= 15 is 0 Å². The number of carbonyl (C=O) groups is 1. The van der Waals surface area contributed by atoms with Gasteiger partial charge in [-0.2, -0.15) is 0 Å². The molecule has 100 valence electrons. The minimum atomic E-state index is -0.675. The molecule has 1 atom stereocenters. The van der Waals surface area contributed by atoms with Gasteiger partial charge in [0.15, 0.2) is 0 Å². The summed E-state index contributed by atoms with van der Waals surface area (Å²) < 4.78 is 5.06. The Morgan fingerprint density at radius 2 is 2.00 bits per heavy atom. The van der Waals surface area contributed by atoms with Crippen molar-refractivity contribution in [2.45, 2.75) is 39.4 Å². The number of nitrogens with one attached hydrogen (secondary N) is 1. The van der Waals surface area contributed by atoms with Crippen LogP contribution in [-0.4, -0.2) is 21.9 Å². The standard InChI is InChI=1S/C13H19NO4/c1-8(15)9-5-6-10(11(16)7-9)14-12(17)18-13(2,3)4/h5-8,15-16H,1-4H3,(H,14,17)/t8-/m0/s1. The van der Waals surface area contributed by atoms with Gasteiger partial charge in [-0.15, -0.1) is 0 Å². The molecule has 1 aromatic carbocycles. The predicted molar refractivity (Wildman–Crippen MR) is 68.6 cm³/mol. The first-order valence-corrected chi connectivity index (χ1v) is 5.70. The number of anilines is 1. The van der Waals surface area contributed by atoms with Crippen LogP contribution in [-0.2, 0) is 4.74 Å². The number of aliphatic hydroxyl groups excluding tert-OH is 1. The van der Waals surface area contributed by atoms with Crippen molar-refractivity contribution in [3.05, 3.63) is 23.8 Å². The summed E-state index contributed by atoms with van der Waals surface area (Å²) in [5.41, 5.74) is 0.218. The summed E-state index contributed by atoms with van der Waals surface area (Å²) in [6.07, 6.45) is -1.31. The average molecular weight is 253 g/mol. The van der Waals surface area contributed by atoms with Crippen LogP contribution in [0, 0.1) is 0 Å². The second-order valence-corrected chi connectivity index (χ2v) is 5.08. The summed E-state index contributed by atoms with van der Waals surface area (Å²) in [6.45, 7) is 6.85. The highest BCUT2D eigenvalue weighted by atomic mass is 16.6. The Morgan fingerprint density at radius 1 is 1.39 bits per heavy atom. The molecule has 0 unspecified atom stereocenters. The summed E-state index contributed by atoms with van der Waals surface area (Å²) in [5, 5.41) is 21.5. The van der Waals surface area contributed by atoms with Crippen LogP contribution in [0.1, 0.15) is 39.4 Å². The van der Waals surface area contributed by atoms with Gasteiger partial charge < -0.3 is 14.9 Å². The highest BCUT2D eigenvalue weighted by Crippen LogP contribution is 2.27. The van der Waals surface area contributed by atoms with Crippen molar-refractivity contribution in [3.8, 4) is 5.75 Å². The summed E-state index contributed by atoms with van der Waals surface area (Å²) in [5.74, 6) is -0.112. The van der Waals surface area contributed by atoms with Gasteiger partial charge >= 0.3 is 6.09 Å². The van der Waals surface area contributed by atoms with Gasteiger partial charge in [-0.1, -0.05) is 6.07 Å².